The lowest BCUT2D eigenvalue weighted by Gasteiger charge is -2.28. The zero-order valence-electron chi connectivity index (χ0n) is 32.3. The van der Waals surface area contributed by atoms with E-state index in [9.17, 15) is 10.2 Å². The number of benzene rings is 4. The minimum atomic E-state index is -0.382. The van der Waals surface area contributed by atoms with Crippen LogP contribution in [0.5, 0.6) is 11.5 Å². The zero-order valence-corrected chi connectivity index (χ0v) is 38.6. The summed E-state index contributed by atoms with van der Waals surface area (Å²) in [5.41, 5.74) is 7.07. The normalized spacial score (nSPS) is 14.1. The van der Waals surface area contributed by atoms with Crippen molar-refractivity contribution in [2.75, 3.05) is 0 Å². The summed E-state index contributed by atoms with van der Waals surface area (Å²) < 4.78 is 11.3. The first-order valence-electron chi connectivity index (χ1n) is 19.5. The quantitative estimate of drug-likeness (QED) is 0.0928. The summed E-state index contributed by atoms with van der Waals surface area (Å²) in [4.78, 5) is 0. The molecule has 4 rings (SSSR count). The van der Waals surface area contributed by atoms with Crippen LogP contribution < -0.4 is 4.74 Å². The van der Waals surface area contributed by atoms with Gasteiger partial charge in [0.1, 0.15) is 11.5 Å². The van der Waals surface area contributed by atoms with Gasteiger partial charge in [-0.15, -0.1) is 0 Å². The molecule has 288 valence electrons. The predicted molar refractivity (Wildman–Crippen MR) is 237 cm³/mol. The molecular formula is C46H58Br4O3. The Morgan fingerprint density at radius 1 is 0.547 bits per heavy atom. The van der Waals surface area contributed by atoms with Crippen LogP contribution in [0.2, 0.25) is 0 Å². The van der Waals surface area contributed by atoms with Crippen LogP contribution in [0.4, 0.5) is 0 Å². The molecule has 4 aromatic carbocycles. The van der Waals surface area contributed by atoms with Crippen LogP contribution in [0.25, 0.3) is 0 Å². The Kier molecular flexibility index (Phi) is 18.1. The Morgan fingerprint density at radius 2 is 0.943 bits per heavy atom. The van der Waals surface area contributed by atoms with E-state index in [1.807, 2.05) is 0 Å². The average molecular weight is 979 g/mol. The number of aliphatic hydroxyl groups excluding tert-OH is 2. The molecule has 0 saturated heterocycles. The van der Waals surface area contributed by atoms with Gasteiger partial charge in [-0.25, -0.2) is 0 Å². The fourth-order valence-corrected chi connectivity index (χ4v) is 9.77. The molecule has 4 aromatic rings. The van der Waals surface area contributed by atoms with Crippen molar-refractivity contribution in [1.29, 1.82) is 0 Å². The highest BCUT2D eigenvalue weighted by Crippen LogP contribution is 2.39. The van der Waals surface area contributed by atoms with E-state index in [1.165, 1.54) is 22.3 Å². The second kappa shape index (κ2) is 21.7. The lowest BCUT2D eigenvalue weighted by atomic mass is 9.82. The van der Waals surface area contributed by atoms with Gasteiger partial charge in [0.15, 0.2) is 0 Å². The summed E-state index contributed by atoms with van der Waals surface area (Å²) in [5.74, 6) is 2.34. The molecule has 0 radical (unpaired) electrons. The standard InChI is InChI=1S/C46H58Br4O3/c1-7-9-13-35(45(51)29(3)4)23-31-15-11-17-43(39(31)25-33-19-21-37(47)27-41(33)49)53-44-18-12-16-32(24-36(14-10-8-2)46(52)30(5)6)40(44)26-34-20-22-38(48)28-42(34)50/h11-12,15-22,27-30,35-36,45-46,51-52H,7-10,13-14,23-26H2,1-6H3. The molecule has 0 spiro atoms. The third kappa shape index (κ3) is 12.8. The highest BCUT2D eigenvalue weighted by atomic mass is 79.9. The molecule has 0 aliphatic heterocycles. The highest BCUT2D eigenvalue weighted by Gasteiger charge is 2.27. The maximum atomic E-state index is 11.4. The van der Waals surface area contributed by atoms with E-state index in [2.05, 4.69) is 178 Å². The molecule has 0 heterocycles. The SMILES string of the molecule is CCCCC(Cc1cccc(Oc2cccc(CC(CCCC)C(O)C(C)C)c2Cc2ccc(Br)cc2Br)c1Cc1ccc(Br)cc1Br)C(O)C(C)C. The van der Waals surface area contributed by atoms with Gasteiger partial charge in [0.2, 0.25) is 0 Å². The lowest BCUT2D eigenvalue weighted by molar-refractivity contribution is 0.0589. The topological polar surface area (TPSA) is 49.7 Å². The summed E-state index contributed by atoms with van der Waals surface area (Å²) in [6, 6.07) is 25.6. The molecule has 0 amide bonds. The highest BCUT2D eigenvalue weighted by molar-refractivity contribution is 9.11. The van der Waals surface area contributed by atoms with Crippen LogP contribution in [0.15, 0.2) is 90.7 Å². The average Bonchev–Trinajstić information content (AvgIpc) is 3.11. The molecule has 0 aliphatic rings. The van der Waals surface area contributed by atoms with E-state index in [-0.39, 0.29) is 35.9 Å². The molecule has 3 nitrogen and oxygen atoms in total. The fraction of sp³-hybridized carbons (Fsp3) is 0.478. The van der Waals surface area contributed by atoms with E-state index in [4.69, 9.17) is 4.74 Å². The second-order valence-corrected chi connectivity index (χ2v) is 18.9. The molecule has 4 unspecified atom stereocenters. The van der Waals surface area contributed by atoms with Gasteiger partial charge in [-0.1, -0.05) is 167 Å². The first-order chi connectivity index (χ1) is 25.3. The largest absolute Gasteiger partial charge is 0.457 e. The van der Waals surface area contributed by atoms with Crippen molar-refractivity contribution in [2.45, 2.75) is 118 Å². The summed E-state index contributed by atoms with van der Waals surface area (Å²) in [6.07, 6.45) is 8.52. The molecule has 2 N–H and O–H groups in total. The van der Waals surface area contributed by atoms with Gasteiger partial charge in [0.05, 0.1) is 12.2 Å². The molecule has 0 aromatic heterocycles. The van der Waals surface area contributed by atoms with Crippen molar-refractivity contribution in [3.8, 4) is 11.5 Å². The number of aliphatic hydroxyl groups is 2. The number of rotatable bonds is 20. The van der Waals surface area contributed by atoms with Crippen LogP contribution in [0, 0.1) is 23.7 Å². The van der Waals surface area contributed by atoms with Crippen molar-refractivity contribution in [3.05, 3.63) is 124 Å². The van der Waals surface area contributed by atoms with Crippen LogP contribution in [0.1, 0.15) is 113 Å². The minimum absolute atomic E-state index is 0.151. The number of hydrogen-bond donors (Lipinski definition) is 2. The second-order valence-electron chi connectivity index (χ2n) is 15.4. The number of ether oxygens (including phenoxy) is 1. The van der Waals surface area contributed by atoms with Crippen molar-refractivity contribution in [1.82, 2.24) is 0 Å². The minimum Gasteiger partial charge on any atom is -0.457 e. The molecule has 0 aliphatic carbocycles. The molecule has 0 bridgehead atoms. The van der Waals surface area contributed by atoms with Gasteiger partial charge in [0.25, 0.3) is 0 Å². The predicted octanol–water partition coefficient (Wildman–Crippen LogP) is 14.4. The van der Waals surface area contributed by atoms with E-state index in [1.54, 1.807) is 0 Å². The molecule has 7 heteroatoms. The monoisotopic (exact) mass is 974 g/mol. The van der Waals surface area contributed by atoms with Crippen LogP contribution >= 0.6 is 63.7 Å². The van der Waals surface area contributed by atoms with E-state index < -0.39 is 0 Å². The summed E-state index contributed by atoms with van der Waals surface area (Å²) in [6.45, 7) is 12.9. The molecule has 0 saturated carbocycles. The molecule has 0 fully saturated rings. The Bertz CT molecular complexity index is 1630. The van der Waals surface area contributed by atoms with Crippen molar-refractivity contribution >= 4 is 63.7 Å². The van der Waals surface area contributed by atoms with Crippen molar-refractivity contribution in [2.24, 2.45) is 23.7 Å². The van der Waals surface area contributed by atoms with Crippen molar-refractivity contribution < 1.29 is 14.9 Å². The van der Waals surface area contributed by atoms with Gasteiger partial charge in [-0.3, -0.25) is 0 Å². The summed E-state index contributed by atoms with van der Waals surface area (Å²) >= 11 is 15.0. The first kappa shape index (κ1) is 44.2. The number of halogens is 4. The third-order valence-electron chi connectivity index (χ3n) is 10.6. The number of hydrogen-bond acceptors (Lipinski definition) is 3. The molecular weight excluding hydrogens is 920 g/mol. The fourth-order valence-electron chi connectivity index (χ4n) is 7.40. The first-order valence-corrected chi connectivity index (χ1v) is 22.6. The van der Waals surface area contributed by atoms with E-state index >= 15 is 0 Å². The van der Waals surface area contributed by atoms with Gasteiger partial charge >= 0.3 is 0 Å². The van der Waals surface area contributed by atoms with Gasteiger partial charge in [-0.2, -0.15) is 0 Å². The summed E-state index contributed by atoms with van der Waals surface area (Å²) in [5, 5.41) is 22.8. The van der Waals surface area contributed by atoms with Gasteiger partial charge < -0.3 is 14.9 Å². The summed E-state index contributed by atoms with van der Waals surface area (Å²) in [7, 11) is 0. The Morgan fingerprint density at radius 3 is 1.28 bits per heavy atom. The maximum absolute atomic E-state index is 11.4. The Hall–Kier alpha value is -1.48. The zero-order chi connectivity index (χ0) is 38.7. The maximum Gasteiger partial charge on any atom is 0.131 e. The Balaban J connectivity index is 1.87. The smallest absolute Gasteiger partial charge is 0.131 e. The lowest BCUT2D eigenvalue weighted by Crippen LogP contribution is -2.28. The van der Waals surface area contributed by atoms with Gasteiger partial charge in [0, 0.05) is 41.9 Å². The number of unbranched alkanes of at least 4 members (excludes halogenated alkanes) is 2. The van der Waals surface area contributed by atoms with E-state index in [0.29, 0.717) is 12.8 Å². The molecule has 4 atom stereocenters. The third-order valence-corrected chi connectivity index (χ3v) is 13.1. The van der Waals surface area contributed by atoms with Gasteiger partial charge in [-0.05, 0) is 108 Å². The van der Waals surface area contributed by atoms with Crippen molar-refractivity contribution in [3.63, 3.8) is 0 Å². The molecule has 53 heavy (non-hydrogen) atoms. The Labute approximate surface area is 353 Å². The van der Waals surface area contributed by atoms with Crippen LogP contribution in [-0.2, 0) is 25.7 Å². The van der Waals surface area contributed by atoms with Crippen LogP contribution in [-0.4, -0.2) is 22.4 Å². The van der Waals surface area contributed by atoms with Crippen LogP contribution in [0.3, 0.4) is 0 Å². The van der Waals surface area contributed by atoms with E-state index in [0.717, 1.165) is 91.9 Å².